The number of rotatable bonds is 6. The zero-order chi connectivity index (χ0) is 14.4. The number of benzene rings is 2. The zero-order valence-electron chi connectivity index (χ0n) is 12.0. The number of halogens is 1. The monoisotopic (exact) mass is 308 g/mol. The van der Waals surface area contributed by atoms with Gasteiger partial charge >= 0.3 is 0 Å². The fraction of sp³-hybridized carbons (Fsp3) is 0.250. The maximum Gasteiger partial charge on any atom is 0.118 e. The van der Waals surface area contributed by atoms with Crippen LogP contribution in [-0.4, -0.2) is 18.8 Å². The Morgan fingerprint density at radius 1 is 1.14 bits per heavy atom. The van der Waals surface area contributed by atoms with Gasteiger partial charge < -0.3 is 20.9 Å². The van der Waals surface area contributed by atoms with Crippen LogP contribution in [0.3, 0.4) is 0 Å². The number of methoxy groups -OCH3 is 1. The number of aliphatic hydroxyl groups excluding tert-OH is 1. The van der Waals surface area contributed by atoms with E-state index < -0.39 is 0 Å². The van der Waals surface area contributed by atoms with Crippen molar-refractivity contribution in [1.82, 2.24) is 0 Å². The van der Waals surface area contributed by atoms with Gasteiger partial charge in [-0.1, -0.05) is 12.1 Å². The van der Waals surface area contributed by atoms with Crippen LogP contribution in [0.4, 0.5) is 11.4 Å². The molecule has 0 amide bonds. The maximum absolute atomic E-state index is 9.10. The average Bonchev–Trinajstić information content (AvgIpc) is 2.47. The average molecular weight is 309 g/mol. The summed E-state index contributed by atoms with van der Waals surface area (Å²) in [7, 11) is 1.66. The Morgan fingerprint density at radius 3 is 2.48 bits per heavy atom. The van der Waals surface area contributed by atoms with E-state index in [1.54, 1.807) is 7.11 Å². The number of nitrogens with two attached hydrogens (primary N) is 1. The Morgan fingerprint density at radius 2 is 1.86 bits per heavy atom. The summed E-state index contributed by atoms with van der Waals surface area (Å²) in [6, 6.07) is 13.6. The molecule has 0 aliphatic carbocycles. The summed E-state index contributed by atoms with van der Waals surface area (Å²) in [5.41, 5.74) is 9.68. The normalized spacial score (nSPS) is 9.81. The highest BCUT2D eigenvalue weighted by Crippen LogP contribution is 2.20. The van der Waals surface area contributed by atoms with Crippen LogP contribution in [0.5, 0.6) is 5.75 Å². The summed E-state index contributed by atoms with van der Waals surface area (Å²) in [5, 5.41) is 12.5. The molecule has 0 aliphatic rings. The van der Waals surface area contributed by atoms with E-state index in [0.29, 0.717) is 18.7 Å². The summed E-state index contributed by atoms with van der Waals surface area (Å²) < 4.78 is 5.13. The summed E-state index contributed by atoms with van der Waals surface area (Å²) in [6.45, 7) is 0.826. The fourth-order valence-electron chi connectivity index (χ4n) is 2.05. The van der Waals surface area contributed by atoms with Gasteiger partial charge in [0, 0.05) is 24.5 Å². The van der Waals surface area contributed by atoms with Gasteiger partial charge in [-0.05, 0) is 47.9 Å². The second kappa shape index (κ2) is 8.39. The van der Waals surface area contributed by atoms with Crippen molar-refractivity contribution < 1.29 is 9.84 Å². The predicted molar refractivity (Wildman–Crippen MR) is 89.2 cm³/mol. The Bertz CT molecular complexity index is 559. The maximum atomic E-state index is 9.10. The lowest BCUT2D eigenvalue weighted by molar-refractivity contribution is 0.300. The molecule has 4 N–H and O–H groups in total. The van der Waals surface area contributed by atoms with Gasteiger partial charge in [0.05, 0.1) is 7.11 Å². The van der Waals surface area contributed by atoms with Gasteiger partial charge in [-0.25, -0.2) is 0 Å². The molecule has 0 fully saturated rings. The first-order valence-corrected chi connectivity index (χ1v) is 6.59. The predicted octanol–water partition coefficient (Wildman–Crippen LogP) is 2.85. The number of hydrogen-bond acceptors (Lipinski definition) is 4. The molecule has 0 saturated heterocycles. The lowest BCUT2D eigenvalue weighted by atomic mass is 10.1. The lowest BCUT2D eigenvalue weighted by Crippen LogP contribution is -2.04. The van der Waals surface area contributed by atoms with Crippen molar-refractivity contribution in [1.29, 1.82) is 0 Å². The van der Waals surface area contributed by atoms with Gasteiger partial charge in [0.15, 0.2) is 0 Å². The SMILES string of the molecule is COc1ccc(CNc2ccc(N)cc2CCO)cc1.Cl. The minimum Gasteiger partial charge on any atom is -0.497 e. The van der Waals surface area contributed by atoms with Crippen LogP contribution in [0.1, 0.15) is 11.1 Å². The highest BCUT2D eigenvalue weighted by atomic mass is 35.5. The van der Waals surface area contributed by atoms with Crippen molar-refractivity contribution in [2.24, 2.45) is 0 Å². The number of hydrogen-bond donors (Lipinski definition) is 3. The Labute approximate surface area is 131 Å². The summed E-state index contributed by atoms with van der Waals surface area (Å²) in [4.78, 5) is 0. The summed E-state index contributed by atoms with van der Waals surface area (Å²) in [5.74, 6) is 0.849. The molecule has 0 heterocycles. The third kappa shape index (κ3) is 4.85. The van der Waals surface area contributed by atoms with Crippen molar-refractivity contribution in [2.45, 2.75) is 13.0 Å². The molecular weight excluding hydrogens is 288 g/mol. The quantitative estimate of drug-likeness (QED) is 0.718. The van der Waals surface area contributed by atoms with E-state index in [2.05, 4.69) is 5.32 Å². The summed E-state index contributed by atoms with van der Waals surface area (Å²) in [6.07, 6.45) is 0.593. The molecule has 0 unspecified atom stereocenters. The van der Waals surface area contributed by atoms with E-state index in [1.807, 2.05) is 42.5 Å². The van der Waals surface area contributed by atoms with Crippen molar-refractivity contribution in [3.8, 4) is 5.75 Å². The molecule has 0 spiro atoms. The molecule has 0 radical (unpaired) electrons. The summed E-state index contributed by atoms with van der Waals surface area (Å²) >= 11 is 0. The number of ether oxygens (including phenoxy) is 1. The van der Waals surface area contributed by atoms with Crippen molar-refractivity contribution >= 4 is 23.8 Å². The molecule has 0 aliphatic heterocycles. The second-order valence-corrected chi connectivity index (χ2v) is 4.59. The zero-order valence-corrected chi connectivity index (χ0v) is 12.8. The van der Waals surface area contributed by atoms with E-state index in [0.717, 1.165) is 22.6 Å². The number of nitrogen functional groups attached to an aromatic ring is 1. The molecule has 2 rings (SSSR count). The highest BCUT2D eigenvalue weighted by molar-refractivity contribution is 5.85. The second-order valence-electron chi connectivity index (χ2n) is 4.59. The standard InChI is InChI=1S/C16H20N2O2.ClH/c1-20-15-5-2-12(3-6-15)11-18-16-7-4-14(17)10-13(16)8-9-19;/h2-7,10,18-19H,8-9,11,17H2,1H3;1H. The molecule has 4 nitrogen and oxygen atoms in total. The van der Waals surface area contributed by atoms with E-state index in [9.17, 15) is 0 Å². The molecule has 114 valence electrons. The lowest BCUT2D eigenvalue weighted by Gasteiger charge is -2.12. The van der Waals surface area contributed by atoms with Crippen molar-refractivity contribution in [2.75, 3.05) is 24.8 Å². The smallest absolute Gasteiger partial charge is 0.118 e. The number of anilines is 2. The van der Waals surface area contributed by atoms with Crippen LogP contribution in [0, 0.1) is 0 Å². The molecule has 5 heteroatoms. The number of nitrogens with one attached hydrogen (secondary N) is 1. The van der Waals surface area contributed by atoms with Crippen molar-refractivity contribution in [3.05, 3.63) is 53.6 Å². The van der Waals surface area contributed by atoms with Crippen LogP contribution < -0.4 is 15.8 Å². The van der Waals surface area contributed by atoms with E-state index in [-0.39, 0.29) is 19.0 Å². The molecule has 0 bridgehead atoms. The van der Waals surface area contributed by atoms with Gasteiger partial charge in [0.25, 0.3) is 0 Å². The third-order valence-electron chi connectivity index (χ3n) is 3.15. The minimum absolute atomic E-state index is 0. The van der Waals surface area contributed by atoms with E-state index in [1.165, 1.54) is 0 Å². The van der Waals surface area contributed by atoms with Gasteiger partial charge in [0.1, 0.15) is 5.75 Å². The molecule has 2 aromatic carbocycles. The van der Waals surface area contributed by atoms with Gasteiger partial charge in [-0.3, -0.25) is 0 Å². The molecule has 21 heavy (non-hydrogen) atoms. The Balaban J connectivity index is 0.00000220. The van der Waals surface area contributed by atoms with Crippen LogP contribution in [0.2, 0.25) is 0 Å². The van der Waals surface area contributed by atoms with Crippen LogP contribution in [-0.2, 0) is 13.0 Å². The fourth-order valence-corrected chi connectivity index (χ4v) is 2.05. The first-order valence-electron chi connectivity index (χ1n) is 6.59. The van der Waals surface area contributed by atoms with Crippen LogP contribution in [0.25, 0.3) is 0 Å². The van der Waals surface area contributed by atoms with Gasteiger partial charge in [0.2, 0.25) is 0 Å². The molecule has 0 atom stereocenters. The molecular formula is C16H21ClN2O2. The minimum atomic E-state index is 0. The Hall–Kier alpha value is -1.91. The molecule has 2 aromatic rings. The first-order chi connectivity index (χ1) is 9.72. The number of aliphatic hydroxyl groups is 1. The van der Waals surface area contributed by atoms with E-state index >= 15 is 0 Å². The van der Waals surface area contributed by atoms with Crippen molar-refractivity contribution in [3.63, 3.8) is 0 Å². The van der Waals surface area contributed by atoms with Crippen LogP contribution >= 0.6 is 12.4 Å². The van der Waals surface area contributed by atoms with E-state index in [4.69, 9.17) is 15.6 Å². The molecule has 0 saturated carbocycles. The Kier molecular flexibility index (Phi) is 6.85. The first kappa shape index (κ1) is 17.1. The highest BCUT2D eigenvalue weighted by Gasteiger charge is 2.03. The molecule has 0 aromatic heterocycles. The van der Waals surface area contributed by atoms with Gasteiger partial charge in [-0.2, -0.15) is 0 Å². The largest absolute Gasteiger partial charge is 0.497 e. The topological polar surface area (TPSA) is 67.5 Å². The van der Waals surface area contributed by atoms with Gasteiger partial charge in [-0.15, -0.1) is 12.4 Å². The van der Waals surface area contributed by atoms with Crippen LogP contribution in [0.15, 0.2) is 42.5 Å². The third-order valence-corrected chi connectivity index (χ3v) is 3.15.